The zero-order valence-corrected chi connectivity index (χ0v) is 18.0. The van der Waals surface area contributed by atoms with E-state index in [1.807, 2.05) is 19.1 Å². The average Bonchev–Trinajstić information content (AvgIpc) is 3.38. The number of aromatic nitrogens is 2. The second-order valence-corrected chi connectivity index (χ2v) is 8.62. The molecule has 10 heteroatoms. The molecule has 2 aromatic rings. The van der Waals surface area contributed by atoms with Crippen LogP contribution in [0.2, 0.25) is 10.0 Å². The SMILES string of the molecule is COC(=O)C1SCCN1C(=O)N1C(C)=CC(c2ccc(Cl)c(Cl)c2)n2nccc21. The minimum Gasteiger partial charge on any atom is -0.467 e. The maximum absolute atomic E-state index is 13.4. The van der Waals surface area contributed by atoms with E-state index in [0.717, 1.165) is 11.3 Å². The van der Waals surface area contributed by atoms with Crippen molar-refractivity contribution < 1.29 is 14.3 Å². The molecular weight excluding hydrogens is 435 g/mol. The third kappa shape index (κ3) is 3.49. The van der Waals surface area contributed by atoms with Gasteiger partial charge in [0.2, 0.25) is 0 Å². The Kier molecular flexibility index (Phi) is 5.50. The van der Waals surface area contributed by atoms with Gasteiger partial charge in [-0.05, 0) is 30.7 Å². The Bertz CT molecular complexity index is 1010. The largest absolute Gasteiger partial charge is 0.467 e. The van der Waals surface area contributed by atoms with Gasteiger partial charge in [0.1, 0.15) is 5.82 Å². The molecule has 0 aliphatic carbocycles. The number of ether oxygens (including phenoxy) is 1. The van der Waals surface area contributed by atoms with Gasteiger partial charge in [-0.3, -0.25) is 4.90 Å². The zero-order valence-electron chi connectivity index (χ0n) is 15.7. The van der Waals surface area contributed by atoms with Crippen LogP contribution in [-0.2, 0) is 9.53 Å². The Labute approximate surface area is 182 Å². The third-order valence-corrected chi connectivity index (χ3v) is 6.83. The highest BCUT2D eigenvalue weighted by Gasteiger charge is 2.40. The molecule has 0 radical (unpaired) electrons. The summed E-state index contributed by atoms with van der Waals surface area (Å²) in [5.41, 5.74) is 1.64. The number of thioether (sulfide) groups is 1. The lowest BCUT2D eigenvalue weighted by Gasteiger charge is -2.35. The van der Waals surface area contributed by atoms with Crippen molar-refractivity contribution in [3.8, 4) is 0 Å². The van der Waals surface area contributed by atoms with Crippen molar-refractivity contribution in [1.29, 1.82) is 0 Å². The van der Waals surface area contributed by atoms with Crippen LogP contribution in [0.3, 0.4) is 0 Å². The first-order chi connectivity index (χ1) is 13.9. The fraction of sp³-hybridized carbons (Fsp3) is 0.316. The van der Waals surface area contributed by atoms with Crippen LogP contribution >= 0.6 is 35.0 Å². The van der Waals surface area contributed by atoms with E-state index < -0.39 is 11.3 Å². The van der Waals surface area contributed by atoms with Gasteiger partial charge in [-0.15, -0.1) is 11.8 Å². The molecule has 4 rings (SSSR count). The van der Waals surface area contributed by atoms with Crippen LogP contribution in [0.5, 0.6) is 0 Å². The van der Waals surface area contributed by atoms with Crippen LogP contribution in [0.25, 0.3) is 0 Å². The van der Waals surface area contributed by atoms with E-state index in [4.69, 9.17) is 27.9 Å². The van der Waals surface area contributed by atoms with Crippen LogP contribution in [0.1, 0.15) is 18.5 Å². The van der Waals surface area contributed by atoms with Crippen LogP contribution < -0.4 is 4.90 Å². The van der Waals surface area contributed by atoms with Crippen molar-refractivity contribution in [2.24, 2.45) is 0 Å². The summed E-state index contributed by atoms with van der Waals surface area (Å²) in [5.74, 6) is 0.862. The number of amides is 2. The maximum atomic E-state index is 13.4. The van der Waals surface area contributed by atoms with Gasteiger partial charge in [-0.25, -0.2) is 14.3 Å². The Balaban J connectivity index is 1.70. The number of halogens is 2. The van der Waals surface area contributed by atoms with Crippen LogP contribution in [0, 0.1) is 0 Å². The summed E-state index contributed by atoms with van der Waals surface area (Å²) in [6, 6.07) is 6.68. The summed E-state index contributed by atoms with van der Waals surface area (Å²) < 4.78 is 6.60. The molecular formula is C19H18Cl2N4O3S. The van der Waals surface area contributed by atoms with E-state index >= 15 is 0 Å². The van der Waals surface area contributed by atoms with E-state index in [2.05, 4.69) is 5.10 Å². The Hall–Kier alpha value is -2.16. The summed E-state index contributed by atoms with van der Waals surface area (Å²) in [6.45, 7) is 2.33. The molecule has 2 unspecified atom stereocenters. The predicted octanol–water partition coefficient (Wildman–Crippen LogP) is 4.17. The van der Waals surface area contributed by atoms with Gasteiger partial charge in [0.05, 0.1) is 29.4 Å². The number of urea groups is 1. The van der Waals surface area contributed by atoms with Crippen molar-refractivity contribution in [2.45, 2.75) is 18.3 Å². The quantitative estimate of drug-likeness (QED) is 0.639. The molecule has 2 amide bonds. The van der Waals surface area contributed by atoms with Crippen molar-refractivity contribution in [1.82, 2.24) is 14.7 Å². The molecule has 0 bridgehead atoms. The van der Waals surface area contributed by atoms with Crippen LogP contribution in [0.15, 0.2) is 42.2 Å². The normalized spacial score (nSPS) is 21.0. The van der Waals surface area contributed by atoms with Gasteiger partial charge in [0.15, 0.2) is 5.37 Å². The van der Waals surface area contributed by atoms with E-state index in [1.165, 1.54) is 23.8 Å². The summed E-state index contributed by atoms with van der Waals surface area (Å²) in [5, 5.41) is 4.70. The summed E-state index contributed by atoms with van der Waals surface area (Å²) in [7, 11) is 1.33. The molecule has 1 saturated heterocycles. The van der Waals surface area contributed by atoms with Crippen LogP contribution in [0.4, 0.5) is 10.6 Å². The Morgan fingerprint density at radius 1 is 1.24 bits per heavy atom. The fourth-order valence-electron chi connectivity index (χ4n) is 3.53. The number of fused-ring (bicyclic) bond motifs is 1. The Morgan fingerprint density at radius 2 is 2.03 bits per heavy atom. The standard InChI is InChI=1S/C19H18Cl2N4O3S/c1-11-9-15(12-3-4-13(20)14(21)10-12)25-16(5-6-22-25)24(11)19(27)23-7-8-29-17(23)18(26)28-2/h3-6,9-10,15,17H,7-8H2,1-2H3. The minimum atomic E-state index is -0.649. The topological polar surface area (TPSA) is 67.7 Å². The molecule has 29 heavy (non-hydrogen) atoms. The summed E-state index contributed by atoms with van der Waals surface area (Å²) >= 11 is 13.6. The maximum Gasteiger partial charge on any atom is 0.339 e. The molecule has 1 aromatic heterocycles. The van der Waals surface area contributed by atoms with Gasteiger partial charge in [0, 0.05) is 24.1 Å². The number of esters is 1. The number of benzene rings is 1. The molecule has 2 aliphatic heterocycles. The number of hydrogen-bond acceptors (Lipinski definition) is 5. The highest BCUT2D eigenvalue weighted by molar-refractivity contribution is 8.00. The number of methoxy groups -OCH3 is 1. The number of carbonyl (C=O) groups is 2. The molecule has 1 fully saturated rings. The molecule has 1 aromatic carbocycles. The first-order valence-corrected chi connectivity index (χ1v) is 10.7. The van der Waals surface area contributed by atoms with Crippen molar-refractivity contribution in [3.63, 3.8) is 0 Å². The molecule has 3 heterocycles. The van der Waals surface area contributed by atoms with E-state index in [1.54, 1.807) is 34.0 Å². The highest BCUT2D eigenvalue weighted by atomic mass is 35.5. The average molecular weight is 453 g/mol. The van der Waals surface area contributed by atoms with E-state index in [-0.39, 0.29) is 12.1 Å². The van der Waals surface area contributed by atoms with Crippen molar-refractivity contribution in [3.05, 3.63) is 57.8 Å². The predicted molar refractivity (Wildman–Crippen MR) is 113 cm³/mol. The highest BCUT2D eigenvalue weighted by Crippen LogP contribution is 2.37. The third-order valence-electron chi connectivity index (χ3n) is 4.91. The molecule has 7 nitrogen and oxygen atoms in total. The number of anilines is 1. The molecule has 0 spiro atoms. The van der Waals surface area contributed by atoms with Gasteiger partial charge in [-0.2, -0.15) is 5.10 Å². The number of allylic oxidation sites excluding steroid dienone is 2. The molecule has 2 aliphatic rings. The number of carbonyl (C=O) groups excluding carboxylic acids is 2. The van der Waals surface area contributed by atoms with Gasteiger partial charge in [-0.1, -0.05) is 29.3 Å². The minimum absolute atomic E-state index is 0.233. The molecule has 152 valence electrons. The lowest BCUT2D eigenvalue weighted by molar-refractivity contribution is -0.142. The zero-order chi connectivity index (χ0) is 20.7. The lowest BCUT2D eigenvalue weighted by Crippen LogP contribution is -2.49. The lowest BCUT2D eigenvalue weighted by atomic mass is 10.0. The van der Waals surface area contributed by atoms with Gasteiger partial charge >= 0.3 is 12.0 Å². The molecule has 2 atom stereocenters. The fourth-order valence-corrected chi connectivity index (χ4v) is 4.97. The monoisotopic (exact) mass is 452 g/mol. The molecule has 0 N–H and O–H groups in total. The second-order valence-electron chi connectivity index (χ2n) is 6.62. The van der Waals surface area contributed by atoms with E-state index in [0.29, 0.717) is 28.2 Å². The van der Waals surface area contributed by atoms with Gasteiger partial charge in [0.25, 0.3) is 0 Å². The molecule has 0 saturated carbocycles. The first kappa shape index (κ1) is 20.1. The number of hydrogen-bond donors (Lipinski definition) is 0. The Morgan fingerprint density at radius 3 is 2.76 bits per heavy atom. The van der Waals surface area contributed by atoms with Crippen LogP contribution in [-0.4, -0.2) is 51.5 Å². The van der Waals surface area contributed by atoms with Gasteiger partial charge < -0.3 is 9.64 Å². The first-order valence-electron chi connectivity index (χ1n) is 8.89. The number of rotatable bonds is 2. The summed E-state index contributed by atoms with van der Waals surface area (Å²) in [6.07, 6.45) is 3.58. The summed E-state index contributed by atoms with van der Waals surface area (Å²) in [4.78, 5) is 28.5. The van der Waals surface area contributed by atoms with E-state index in [9.17, 15) is 9.59 Å². The number of nitrogens with zero attached hydrogens (tertiary/aromatic N) is 4. The van der Waals surface area contributed by atoms with Crippen molar-refractivity contribution in [2.75, 3.05) is 24.3 Å². The smallest absolute Gasteiger partial charge is 0.339 e. The second kappa shape index (κ2) is 7.93. The van der Waals surface area contributed by atoms with Crippen molar-refractivity contribution >= 4 is 52.8 Å².